The molecule has 144 valence electrons. The number of H-pyrrole nitrogens is 1. The Morgan fingerprint density at radius 2 is 1.83 bits per heavy atom. The van der Waals surface area contributed by atoms with Gasteiger partial charge in [0, 0.05) is 12.0 Å². The third kappa shape index (κ3) is 3.50. The number of aromatic nitrogens is 6. The predicted octanol–water partition coefficient (Wildman–Crippen LogP) is 4.04. The maximum absolute atomic E-state index is 5.21. The molecule has 2 aromatic carbocycles. The Labute approximate surface area is 171 Å². The van der Waals surface area contributed by atoms with E-state index in [9.17, 15) is 0 Å². The van der Waals surface area contributed by atoms with E-state index < -0.39 is 0 Å². The van der Waals surface area contributed by atoms with Gasteiger partial charge < -0.3 is 4.74 Å². The molecule has 8 heteroatoms. The number of aromatic amines is 1. The van der Waals surface area contributed by atoms with Crippen LogP contribution in [0.15, 0.2) is 60.7 Å². The van der Waals surface area contributed by atoms with E-state index in [1.54, 1.807) is 7.11 Å². The highest BCUT2D eigenvalue weighted by Crippen LogP contribution is 2.28. The first-order chi connectivity index (χ1) is 14.3. The molecule has 0 radical (unpaired) electrons. The minimum atomic E-state index is 0.781. The van der Waals surface area contributed by atoms with Crippen molar-refractivity contribution in [1.82, 2.24) is 30.0 Å². The monoisotopic (exact) mass is 402 g/mol. The fraction of sp³-hybridized carbons (Fsp3) is 0.143. The van der Waals surface area contributed by atoms with Crippen molar-refractivity contribution in [1.29, 1.82) is 0 Å². The van der Waals surface area contributed by atoms with Crippen LogP contribution in [0.5, 0.6) is 5.75 Å². The predicted molar refractivity (Wildman–Crippen MR) is 112 cm³/mol. The van der Waals surface area contributed by atoms with Crippen molar-refractivity contribution in [2.24, 2.45) is 0 Å². The minimum absolute atomic E-state index is 0.781. The highest BCUT2D eigenvalue weighted by atomic mass is 32.1. The van der Waals surface area contributed by atoms with Crippen molar-refractivity contribution in [3.63, 3.8) is 0 Å². The number of methoxy groups -OCH3 is 1. The lowest BCUT2D eigenvalue weighted by atomic mass is 10.1. The van der Waals surface area contributed by atoms with Gasteiger partial charge in [-0.25, -0.2) is 0 Å². The van der Waals surface area contributed by atoms with Gasteiger partial charge in [0.15, 0.2) is 10.8 Å². The molecule has 0 unspecified atom stereocenters. The van der Waals surface area contributed by atoms with Gasteiger partial charge in [-0.05, 0) is 42.3 Å². The second-order valence-electron chi connectivity index (χ2n) is 6.60. The van der Waals surface area contributed by atoms with E-state index in [2.05, 4.69) is 32.5 Å². The molecule has 29 heavy (non-hydrogen) atoms. The average molecular weight is 402 g/mol. The van der Waals surface area contributed by atoms with Gasteiger partial charge in [-0.1, -0.05) is 41.7 Å². The van der Waals surface area contributed by atoms with Gasteiger partial charge in [-0.15, -0.1) is 10.2 Å². The quantitative estimate of drug-likeness (QED) is 0.464. The summed E-state index contributed by atoms with van der Waals surface area (Å²) in [4.78, 5) is 0.781. The van der Waals surface area contributed by atoms with E-state index in [0.29, 0.717) is 0 Å². The van der Waals surface area contributed by atoms with E-state index in [1.165, 1.54) is 16.9 Å². The number of hydrogen-bond donors (Lipinski definition) is 1. The molecule has 5 aromatic rings. The molecular weight excluding hydrogens is 384 g/mol. The van der Waals surface area contributed by atoms with Crippen LogP contribution in [0.4, 0.5) is 0 Å². The molecule has 0 atom stereocenters. The van der Waals surface area contributed by atoms with Gasteiger partial charge in [0.1, 0.15) is 5.75 Å². The Morgan fingerprint density at radius 1 is 1.00 bits per heavy atom. The standard InChI is InChI=1S/C21H18N6OS/c1-28-16-10-8-15(9-11-16)17-13-18(23-22-17)20-26-27-19(24-25-21(27)29-20)12-7-14-5-3-2-4-6-14/h2-6,8-11,13H,7,12H2,1H3,(H,22,23). The van der Waals surface area contributed by atoms with Crippen LogP contribution in [-0.2, 0) is 12.8 Å². The van der Waals surface area contributed by atoms with E-state index >= 15 is 0 Å². The summed E-state index contributed by atoms with van der Waals surface area (Å²) in [5.74, 6) is 1.68. The van der Waals surface area contributed by atoms with Crippen molar-refractivity contribution in [3.8, 4) is 27.7 Å². The number of hydrogen-bond acceptors (Lipinski definition) is 6. The van der Waals surface area contributed by atoms with Crippen LogP contribution < -0.4 is 4.74 Å². The Bertz CT molecular complexity index is 1240. The second kappa shape index (κ2) is 7.48. The number of nitrogens with zero attached hydrogens (tertiary/aromatic N) is 5. The Balaban J connectivity index is 1.38. The summed E-state index contributed by atoms with van der Waals surface area (Å²) in [6.07, 6.45) is 1.69. The Hall–Kier alpha value is -3.52. The maximum Gasteiger partial charge on any atom is 0.235 e. The first-order valence-electron chi connectivity index (χ1n) is 9.25. The molecule has 0 aliphatic rings. The normalized spacial score (nSPS) is 11.2. The first kappa shape index (κ1) is 17.6. The van der Waals surface area contributed by atoms with Crippen LogP contribution in [0.2, 0.25) is 0 Å². The smallest absolute Gasteiger partial charge is 0.235 e. The lowest BCUT2D eigenvalue weighted by Crippen LogP contribution is -1.99. The van der Waals surface area contributed by atoms with Crippen LogP contribution >= 0.6 is 11.3 Å². The van der Waals surface area contributed by atoms with Crippen molar-refractivity contribution < 1.29 is 4.74 Å². The van der Waals surface area contributed by atoms with Gasteiger partial charge in [-0.2, -0.15) is 14.7 Å². The zero-order valence-corrected chi connectivity index (χ0v) is 16.6. The average Bonchev–Trinajstić information content (AvgIpc) is 3.49. The van der Waals surface area contributed by atoms with Crippen molar-refractivity contribution in [3.05, 3.63) is 72.1 Å². The van der Waals surface area contributed by atoms with Crippen LogP contribution in [0.25, 0.3) is 26.9 Å². The molecule has 0 amide bonds. The number of fused-ring (bicyclic) bond motifs is 1. The van der Waals surface area contributed by atoms with Crippen LogP contribution in [0.3, 0.4) is 0 Å². The zero-order chi connectivity index (χ0) is 19.6. The number of aryl methyl sites for hydroxylation is 2. The molecule has 1 N–H and O–H groups in total. The number of ether oxygens (including phenoxy) is 1. The van der Waals surface area contributed by atoms with E-state index in [-0.39, 0.29) is 0 Å². The van der Waals surface area contributed by atoms with Crippen LogP contribution in [-0.4, -0.2) is 37.1 Å². The van der Waals surface area contributed by atoms with Crippen LogP contribution in [0.1, 0.15) is 11.4 Å². The SMILES string of the molecule is COc1ccc(-c2cc(-c3nn4c(CCc5ccccc5)nnc4s3)[nH]n2)cc1. The molecule has 0 fully saturated rings. The molecule has 5 rings (SSSR count). The molecule has 0 aliphatic carbocycles. The van der Waals surface area contributed by atoms with Gasteiger partial charge in [0.05, 0.1) is 18.5 Å². The summed E-state index contributed by atoms with van der Waals surface area (Å²) in [6, 6.07) is 20.2. The molecule has 3 aromatic heterocycles. The summed E-state index contributed by atoms with van der Waals surface area (Å²) in [5.41, 5.74) is 4.01. The van der Waals surface area contributed by atoms with E-state index in [1.807, 2.05) is 53.0 Å². The molecule has 0 saturated heterocycles. The molecule has 0 saturated carbocycles. The van der Waals surface area contributed by atoms with Gasteiger partial charge in [0.25, 0.3) is 0 Å². The summed E-state index contributed by atoms with van der Waals surface area (Å²) in [7, 11) is 1.66. The lowest BCUT2D eigenvalue weighted by molar-refractivity contribution is 0.415. The topological polar surface area (TPSA) is 81.0 Å². The highest BCUT2D eigenvalue weighted by Gasteiger charge is 2.15. The largest absolute Gasteiger partial charge is 0.497 e. The summed E-state index contributed by atoms with van der Waals surface area (Å²) < 4.78 is 7.04. The molecule has 3 heterocycles. The van der Waals surface area contributed by atoms with Crippen molar-refractivity contribution in [2.75, 3.05) is 7.11 Å². The number of nitrogens with one attached hydrogen (secondary N) is 1. The number of rotatable bonds is 6. The van der Waals surface area contributed by atoms with Crippen molar-refractivity contribution >= 4 is 16.3 Å². The third-order valence-electron chi connectivity index (χ3n) is 4.73. The van der Waals surface area contributed by atoms with E-state index in [4.69, 9.17) is 9.84 Å². The lowest BCUT2D eigenvalue weighted by Gasteiger charge is -1.99. The third-order valence-corrected chi connectivity index (χ3v) is 5.66. The highest BCUT2D eigenvalue weighted by molar-refractivity contribution is 7.19. The summed E-state index contributed by atoms with van der Waals surface area (Å²) >= 11 is 1.49. The Morgan fingerprint density at radius 3 is 2.62 bits per heavy atom. The van der Waals surface area contributed by atoms with Crippen LogP contribution in [0, 0.1) is 0 Å². The van der Waals surface area contributed by atoms with E-state index in [0.717, 1.165) is 51.3 Å². The fourth-order valence-electron chi connectivity index (χ4n) is 3.16. The molecule has 0 bridgehead atoms. The Kier molecular flexibility index (Phi) is 4.53. The molecular formula is C21H18N6OS. The van der Waals surface area contributed by atoms with Gasteiger partial charge in [-0.3, -0.25) is 5.10 Å². The molecule has 0 aliphatic heterocycles. The zero-order valence-electron chi connectivity index (χ0n) is 15.7. The summed E-state index contributed by atoms with van der Waals surface area (Å²) in [6.45, 7) is 0. The summed E-state index contributed by atoms with van der Waals surface area (Å²) in [5, 5.41) is 21.6. The fourth-order valence-corrected chi connectivity index (χ4v) is 3.99. The van der Waals surface area contributed by atoms with Gasteiger partial charge in [0.2, 0.25) is 4.96 Å². The van der Waals surface area contributed by atoms with Crippen molar-refractivity contribution in [2.45, 2.75) is 12.8 Å². The molecule has 7 nitrogen and oxygen atoms in total. The van der Waals surface area contributed by atoms with Gasteiger partial charge >= 0.3 is 0 Å². The second-order valence-corrected chi connectivity index (χ2v) is 7.55. The molecule has 0 spiro atoms. The first-order valence-corrected chi connectivity index (χ1v) is 10.1. The minimum Gasteiger partial charge on any atom is -0.497 e. The maximum atomic E-state index is 5.21. The number of benzene rings is 2.